The van der Waals surface area contributed by atoms with E-state index in [1.54, 1.807) is 0 Å². The maximum atomic E-state index is 12.5. The summed E-state index contributed by atoms with van der Waals surface area (Å²) in [4.78, 5) is 0.0447. The third-order valence-corrected chi connectivity index (χ3v) is 5.75. The van der Waals surface area contributed by atoms with Crippen molar-refractivity contribution in [2.45, 2.75) is 24.3 Å². The molecule has 1 aromatic rings. The lowest BCUT2D eigenvalue weighted by molar-refractivity contribution is 0.0605. The Bertz CT molecular complexity index is 654. The largest absolute Gasteiger partial charge is 0.391 e. The van der Waals surface area contributed by atoms with Gasteiger partial charge in [-0.1, -0.05) is 18.5 Å². The van der Waals surface area contributed by atoms with Gasteiger partial charge in [-0.3, -0.25) is 0 Å². The smallest absolute Gasteiger partial charge is 0.243 e. The molecule has 20 heavy (non-hydrogen) atoms. The Balaban J connectivity index is 2.31. The summed E-state index contributed by atoms with van der Waals surface area (Å²) in [6, 6.07) is 5.92. The van der Waals surface area contributed by atoms with Gasteiger partial charge in [0.25, 0.3) is 0 Å². The van der Waals surface area contributed by atoms with Crippen molar-refractivity contribution in [1.29, 1.82) is 5.26 Å². The molecule has 0 amide bonds. The first-order valence-electron chi connectivity index (χ1n) is 6.24. The molecule has 5 nitrogen and oxygen atoms in total. The molecule has 1 fully saturated rings. The summed E-state index contributed by atoms with van der Waals surface area (Å²) in [6.07, 6.45) is -0.0444. The lowest BCUT2D eigenvalue weighted by Gasteiger charge is -2.33. The number of aliphatic hydroxyl groups is 1. The monoisotopic (exact) mass is 314 g/mol. The molecule has 0 spiro atoms. The number of hydrogen-bond acceptors (Lipinski definition) is 4. The van der Waals surface area contributed by atoms with Crippen LogP contribution >= 0.6 is 11.6 Å². The van der Waals surface area contributed by atoms with Crippen molar-refractivity contribution in [3.05, 3.63) is 28.8 Å². The molecule has 2 atom stereocenters. The van der Waals surface area contributed by atoms with Crippen molar-refractivity contribution < 1.29 is 13.5 Å². The van der Waals surface area contributed by atoms with Gasteiger partial charge in [-0.25, -0.2) is 8.42 Å². The van der Waals surface area contributed by atoms with Crippen LogP contribution in [0, 0.1) is 17.2 Å². The molecular weight excluding hydrogens is 300 g/mol. The maximum Gasteiger partial charge on any atom is 0.243 e. The van der Waals surface area contributed by atoms with Gasteiger partial charge in [0.2, 0.25) is 10.0 Å². The summed E-state index contributed by atoms with van der Waals surface area (Å²) in [5.41, 5.74) is 0.234. The molecule has 0 aromatic heterocycles. The van der Waals surface area contributed by atoms with Crippen LogP contribution in [0.5, 0.6) is 0 Å². The first-order chi connectivity index (χ1) is 9.36. The molecule has 7 heteroatoms. The van der Waals surface area contributed by atoms with Crippen LogP contribution in [-0.4, -0.2) is 37.0 Å². The second kappa shape index (κ2) is 5.70. The number of rotatable bonds is 2. The summed E-state index contributed by atoms with van der Waals surface area (Å²) < 4.78 is 26.2. The summed E-state index contributed by atoms with van der Waals surface area (Å²) in [5.74, 6) is 0.0889. The Morgan fingerprint density at radius 3 is 2.75 bits per heavy atom. The second-order valence-corrected chi connectivity index (χ2v) is 7.29. The molecule has 1 heterocycles. The highest BCUT2D eigenvalue weighted by Gasteiger charge is 2.32. The predicted molar refractivity (Wildman–Crippen MR) is 74.7 cm³/mol. The SMILES string of the molecule is CC1CCN(S(=O)(=O)c2ccc(C#N)c(Cl)c2)CC1O. The Hall–Kier alpha value is -1.13. The highest BCUT2D eigenvalue weighted by Crippen LogP contribution is 2.26. The summed E-state index contributed by atoms with van der Waals surface area (Å²) in [5, 5.41) is 18.7. The number of nitriles is 1. The first-order valence-corrected chi connectivity index (χ1v) is 8.06. The van der Waals surface area contributed by atoms with Crippen LogP contribution in [0.1, 0.15) is 18.9 Å². The molecule has 0 saturated carbocycles. The minimum atomic E-state index is -3.69. The van der Waals surface area contributed by atoms with Crippen LogP contribution in [-0.2, 0) is 10.0 Å². The number of hydrogen-bond donors (Lipinski definition) is 1. The van der Waals surface area contributed by atoms with E-state index in [1.165, 1.54) is 22.5 Å². The van der Waals surface area contributed by atoms with Gasteiger partial charge in [0, 0.05) is 13.1 Å². The normalized spacial score (nSPS) is 24.3. The minimum absolute atomic E-state index is 0.0447. The minimum Gasteiger partial charge on any atom is -0.391 e. The van der Waals surface area contributed by atoms with Crippen LogP contribution in [0.2, 0.25) is 5.02 Å². The highest BCUT2D eigenvalue weighted by atomic mass is 35.5. The lowest BCUT2D eigenvalue weighted by Crippen LogP contribution is -2.45. The van der Waals surface area contributed by atoms with Gasteiger partial charge >= 0.3 is 0 Å². The van der Waals surface area contributed by atoms with Gasteiger partial charge in [-0.05, 0) is 30.5 Å². The van der Waals surface area contributed by atoms with Gasteiger partial charge in [0.05, 0.1) is 21.6 Å². The quantitative estimate of drug-likeness (QED) is 0.899. The number of β-amino-alcohol motifs (C(OH)–C–C–N with tert-alkyl or cyclic N) is 1. The van der Waals surface area contributed by atoms with Crippen molar-refractivity contribution >= 4 is 21.6 Å². The molecule has 1 aliphatic heterocycles. The molecule has 0 radical (unpaired) electrons. The molecular formula is C13H15ClN2O3S. The number of sulfonamides is 1. The van der Waals surface area contributed by atoms with E-state index in [-0.39, 0.29) is 27.9 Å². The van der Waals surface area contributed by atoms with E-state index in [0.717, 1.165) is 0 Å². The van der Waals surface area contributed by atoms with Crippen LogP contribution in [0.15, 0.2) is 23.1 Å². The van der Waals surface area contributed by atoms with E-state index in [9.17, 15) is 13.5 Å². The number of halogens is 1. The first kappa shape index (κ1) is 15.3. The van der Waals surface area contributed by atoms with Crippen LogP contribution < -0.4 is 0 Å². The second-order valence-electron chi connectivity index (χ2n) is 4.95. The number of benzene rings is 1. The van der Waals surface area contributed by atoms with E-state index >= 15 is 0 Å². The zero-order chi connectivity index (χ0) is 14.9. The summed E-state index contributed by atoms with van der Waals surface area (Å²) >= 11 is 5.87. The van der Waals surface area contributed by atoms with Crippen LogP contribution in [0.4, 0.5) is 0 Å². The summed E-state index contributed by atoms with van der Waals surface area (Å²) in [6.45, 7) is 2.35. The number of nitrogens with zero attached hydrogens (tertiary/aromatic N) is 2. The van der Waals surface area contributed by atoms with Crippen molar-refractivity contribution in [2.75, 3.05) is 13.1 Å². The number of piperidine rings is 1. The summed E-state index contributed by atoms with van der Waals surface area (Å²) in [7, 11) is -3.69. The molecule has 108 valence electrons. The van der Waals surface area contributed by atoms with Gasteiger partial charge in [-0.2, -0.15) is 9.57 Å². The average molecular weight is 315 g/mol. The van der Waals surface area contributed by atoms with Crippen molar-refractivity contribution in [1.82, 2.24) is 4.31 Å². The standard InChI is InChI=1S/C13H15ClN2O3S/c1-9-4-5-16(8-13(9)17)20(18,19)11-3-2-10(7-15)12(14)6-11/h2-3,6,9,13,17H,4-5,8H2,1H3. The third-order valence-electron chi connectivity index (χ3n) is 3.58. The lowest BCUT2D eigenvalue weighted by atomic mass is 9.98. The zero-order valence-corrected chi connectivity index (χ0v) is 12.5. The predicted octanol–water partition coefficient (Wildman–Crippen LogP) is 1.60. The van der Waals surface area contributed by atoms with Crippen molar-refractivity contribution in [3.63, 3.8) is 0 Å². The van der Waals surface area contributed by atoms with Gasteiger partial charge in [-0.15, -0.1) is 0 Å². The fourth-order valence-corrected chi connectivity index (χ4v) is 3.92. The van der Waals surface area contributed by atoms with Gasteiger partial charge < -0.3 is 5.11 Å². The molecule has 2 rings (SSSR count). The molecule has 1 aliphatic rings. The Labute approximate surface area is 123 Å². The fourth-order valence-electron chi connectivity index (χ4n) is 2.13. The zero-order valence-electron chi connectivity index (χ0n) is 11.0. The van der Waals surface area contributed by atoms with Crippen LogP contribution in [0.25, 0.3) is 0 Å². The maximum absolute atomic E-state index is 12.5. The number of aliphatic hydroxyl groups excluding tert-OH is 1. The molecule has 0 bridgehead atoms. The van der Waals surface area contributed by atoms with Crippen molar-refractivity contribution in [3.8, 4) is 6.07 Å². The molecule has 1 saturated heterocycles. The molecule has 1 aromatic carbocycles. The van der Waals surface area contributed by atoms with E-state index in [0.29, 0.717) is 13.0 Å². The fraction of sp³-hybridized carbons (Fsp3) is 0.462. The Morgan fingerprint density at radius 1 is 1.50 bits per heavy atom. The third kappa shape index (κ3) is 2.81. The van der Waals surface area contributed by atoms with E-state index in [2.05, 4.69) is 0 Å². The highest BCUT2D eigenvalue weighted by molar-refractivity contribution is 7.89. The topological polar surface area (TPSA) is 81.4 Å². The van der Waals surface area contributed by atoms with Gasteiger partial charge in [0.1, 0.15) is 6.07 Å². The molecule has 1 N–H and O–H groups in total. The van der Waals surface area contributed by atoms with Crippen LogP contribution in [0.3, 0.4) is 0 Å². The van der Waals surface area contributed by atoms with E-state index in [4.69, 9.17) is 16.9 Å². The molecule has 2 unspecified atom stereocenters. The van der Waals surface area contributed by atoms with E-state index in [1.807, 2.05) is 13.0 Å². The Morgan fingerprint density at radius 2 is 2.20 bits per heavy atom. The van der Waals surface area contributed by atoms with E-state index < -0.39 is 16.1 Å². The molecule has 0 aliphatic carbocycles. The van der Waals surface area contributed by atoms with Gasteiger partial charge in [0.15, 0.2) is 0 Å². The average Bonchev–Trinajstić information content (AvgIpc) is 2.41. The van der Waals surface area contributed by atoms with Crippen molar-refractivity contribution in [2.24, 2.45) is 5.92 Å². The Kier molecular flexibility index (Phi) is 4.35.